The number of carboxylic acid groups (broad SMARTS) is 1. The third-order valence-electron chi connectivity index (χ3n) is 5.00. The van der Waals surface area contributed by atoms with Crippen LogP contribution in [0.25, 0.3) is 21.8 Å². The molecule has 0 radical (unpaired) electrons. The van der Waals surface area contributed by atoms with Crippen LogP contribution in [-0.2, 0) is 6.54 Å². The molecule has 3 aromatic rings. The van der Waals surface area contributed by atoms with Crippen molar-refractivity contribution in [2.75, 3.05) is 18.0 Å². The van der Waals surface area contributed by atoms with Crippen molar-refractivity contribution in [3.8, 4) is 0 Å². The van der Waals surface area contributed by atoms with Crippen molar-refractivity contribution in [3.05, 3.63) is 46.1 Å². The van der Waals surface area contributed by atoms with E-state index in [0.29, 0.717) is 28.7 Å². The molecule has 26 heavy (non-hydrogen) atoms. The molecule has 0 saturated carbocycles. The van der Waals surface area contributed by atoms with Gasteiger partial charge in [-0.05, 0) is 25.8 Å². The van der Waals surface area contributed by atoms with Crippen molar-refractivity contribution < 1.29 is 14.3 Å². The van der Waals surface area contributed by atoms with Crippen LogP contribution >= 0.6 is 0 Å². The van der Waals surface area contributed by atoms with Gasteiger partial charge >= 0.3 is 5.97 Å². The van der Waals surface area contributed by atoms with Crippen LogP contribution < -0.4 is 10.3 Å². The maximum Gasteiger partial charge on any atom is 0.341 e. The topological polar surface area (TPSA) is 75.4 Å². The number of aryl methyl sites for hydroxylation is 1. The molecule has 134 valence electrons. The summed E-state index contributed by atoms with van der Waals surface area (Å²) in [6.07, 6.45) is 4.84. The molecule has 2 aromatic heterocycles. The number of aromatic nitrogens is 2. The van der Waals surface area contributed by atoms with E-state index in [1.54, 1.807) is 10.6 Å². The van der Waals surface area contributed by atoms with E-state index in [1.807, 2.05) is 11.8 Å². The molecule has 3 heterocycles. The molecule has 1 fully saturated rings. The molecule has 1 N–H and O–H groups in total. The summed E-state index contributed by atoms with van der Waals surface area (Å²) < 4.78 is 16.3. The first-order chi connectivity index (χ1) is 12.5. The maximum absolute atomic E-state index is 14.6. The lowest BCUT2D eigenvalue weighted by Crippen LogP contribution is -2.20. The summed E-state index contributed by atoms with van der Waals surface area (Å²) in [5.74, 6) is -1.65. The second-order valence-electron chi connectivity index (χ2n) is 6.50. The summed E-state index contributed by atoms with van der Waals surface area (Å²) in [5, 5.41) is 10.2. The standard InChI is InChI=1S/C19H18FN3O3/c1-2-22-10-12(19(25)26)18(24)17-11-7-15(23-5-3-4-6-23)13(20)8-14(11)21-9-16(17)22/h7-10H,2-6H2,1H3,(H,25,26). The first-order valence-electron chi connectivity index (χ1n) is 8.65. The number of aromatic carboxylic acids is 1. The predicted octanol–water partition coefficient (Wildman–Crippen LogP) is 3.01. The van der Waals surface area contributed by atoms with E-state index in [9.17, 15) is 19.1 Å². The highest BCUT2D eigenvalue weighted by molar-refractivity contribution is 6.07. The highest BCUT2D eigenvalue weighted by atomic mass is 19.1. The zero-order valence-corrected chi connectivity index (χ0v) is 14.3. The molecule has 6 nitrogen and oxygen atoms in total. The van der Waals surface area contributed by atoms with Gasteiger partial charge in [0.2, 0.25) is 5.43 Å². The third-order valence-corrected chi connectivity index (χ3v) is 5.00. The lowest BCUT2D eigenvalue weighted by molar-refractivity contribution is 0.0695. The number of hydrogen-bond acceptors (Lipinski definition) is 4. The minimum atomic E-state index is -1.27. The van der Waals surface area contributed by atoms with E-state index in [1.165, 1.54) is 18.5 Å². The van der Waals surface area contributed by atoms with E-state index in [4.69, 9.17) is 0 Å². The molecule has 0 bridgehead atoms. The summed E-state index contributed by atoms with van der Waals surface area (Å²) in [4.78, 5) is 30.6. The Morgan fingerprint density at radius 2 is 2.04 bits per heavy atom. The quantitative estimate of drug-likeness (QED) is 0.731. The molecule has 0 amide bonds. The minimum Gasteiger partial charge on any atom is -0.477 e. The summed E-state index contributed by atoms with van der Waals surface area (Å²) in [5.41, 5.74) is 0.476. The van der Waals surface area contributed by atoms with E-state index < -0.39 is 11.4 Å². The average Bonchev–Trinajstić information content (AvgIpc) is 3.15. The number of hydrogen-bond donors (Lipinski definition) is 1. The number of halogens is 1. The van der Waals surface area contributed by atoms with Crippen molar-refractivity contribution >= 4 is 33.5 Å². The molecule has 1 aliphatic rings. The molecule has 1 aliphatic heterocycles. The van der Waals surface area contributed by atoms with Crippen LogP contribution in [0.2, 0.25) is 0 Å². The number of anilines is 1. The molecule has 4 rings (SSSR count). The molecule has 1 aromatic carbocycles. The van der Waals surface area contributed by atoms with Crippen molar-refractivity contribution in [1.29, 1.82) is 0 Å². The lowest BCUT2D eigenvalue weighted by Gasteiger charge is -2.19. The van der Waals surface area contributed by atoms with Gasteiger partial charge in [-0.1, -0.05) is 0 Å². The minimum absolute atomic E-state index is 0.275. The van der Waals surface area contributed by atoms with E-state index in [2.05, 4.69) is 4.98 Å². The van der Waals surface area contributed by atoms with Crippen molar-refractivity contribution in [1.82, 2.24) is 9.55 Å². The van der Waals surface area contributed by atoms with Gasteiger partial charge in [-0.3, -0.25) is 9.78 Å². The van der Waals surface area contributed by atoms with Crippen LogP contribution in [0.5, 0.6) is 0 Å². The van der Waals surface area contributed by atoms with Gasteiger partial charge in [-0.15, -0.1) is 0 Å². The first kappa shape index (κ1) is 16.5. The Labute approximate surface area is 148 Å². The van der Waals surface area contributed by atoms with Gasteiger partial charge in [0.25, 0.3) is 0 Å². The van der Waals surface area contributed by atoms with Crippen LogP contribution in [0.15, 0.2) is 29.3 Å². The van der Waals surface area contributed by atoms with E-state index >= 15 is 0 Å². The molecule has 0 aliphatic carbocycles. The predicted molar refractivity (Wildman–Crippen MR) is 97.5 cm³/mol. The Balaban J connectivity index is 2.13. The smallest absolute Gasteiger partial charge is 0.341 e. The number of pyridine rings is 2. The van der Waals surface area contributed by atoms with Crippen LogP contribution in [0.4, 0.5) is 10.1 Å². The molecule has 1 saturated heterocycles. The Bertz CT molecular complexity index is 1100. The number of carboxylic acids is 1. The lowest BCUT2D eigenvalue weighted by atomic mass is 10.1. The monoisotopic (exact) mass is 355 g/mol. The van der Waals surface area contributed by atoms with Crippen LogP contribution in [0.1, 0.15) is 30.1 Å². The van der Waals surface area contributed by atoms with Gasteiger partial charge in [0, 0.05) is 37.3 Å². The van der Waals surface area contributed by atoms with Gasteiger partial charge < -0.3 is 14.6 Å². The van der Waals surface area contributed by atoms with E-state index in [0.717, 1.165) is 25.9 Å². The number of rotatable bonds is 3. The second-order valence-corrected chi connectivity index (χ2v) is 6.50. The zero-order valence-electron chi connectivity index (χ0n) is 14.3. The fourth-order valence-corrected chi connectivity index (χ4v) is 3.68. The largest absolute Gasteiger partial charge is 0.477 e. The molecule has 0 unspecified atom stereocenters. The van der Waals surface area contributed by atoms with Gasteiger partial charge in [0.05, 0.1) is 28.3 Å². The van der Waals surface area contributed by atoms with Crippen LogP contribution in [-0.4, -0.2) is 33.7 Å². The normalized spacial score (nSPS) is 14.5. The first-order valence-corrected chi connectivity index (χ1v) is 8.65. The molecular weight excluding hydrogens is 337 g/mol. The Hall–Kier alpha value is -2.96. The SMILES string of the molecule is CCn1cc(C(=O)O)c(=O)c2c3cc(N4CCCC4)c(F)cc3ncc21. The van der Waals surface area contributed by atoms with Crippen molar-refractivity contribution in [3.63, 3.8) is 0 Å². The summed E-state index contributed by atoms with van der Waals surface area (Å²) in [7, 11) is 0. The van der Waals surface area contributed by atoms with Crippen molar-refractivity contribution in [2.24, 2.45) is 0 Å². The van der Waals surface area contributed by atoms with Crippen molar-refractivity contribution in [2.45, 2.75) is 26.3 Å². The van der Waals surface area contributed by atoms with Crippen LogP contribution in [0.3, 0.4) is 0 Å². The Kier molecular flexibility index (Phi) is 3.86. The fraction of sp³-hybridized carbons (Fsp3) is 0.316. The Morgan fingerprint density at radius 1 is 1.31 bits per heavy atom. The molecular formula is C19H18FN3O3. The average molecular weight is 355 g/mol. The fourth-order valence-electron chi connectivity index (χ4n) is 3.68. The van der Waals surface area contributed by atoms with Gasteiger partial charge in [-0.2, -0.15) is 0 Å². The highest BCUT2D eigenvalue weighted by Crippen LogP contribution is 2.30. The number of benzene rings is 1. The summed E-state index contributed by atoms with van der Waals surface area (Å²) in [6.45, 7) is 3.88. The number of fused-ring (bicyclic) bond motifs is 3. The second kappa shape index (κ2) is 6.09. The molecule has 0 spiro atoms. The number of nitrogens with zero attached hydrogens (tertiary/aromatic N) is 3. The molecule has 0 atom stereocenters. The zero-order chi connectivity index (χ0) is 18.4. The molecule has 7 heteroatoms. The van der Waals surface area contributed by atoms with Gasteiger partial charge in [-0.25, -0.2) is 9.18 Å². The third kappa shape index (κ3) is 2.42. The maximum atomic E-state index is 14.6. The summed E-state index contributed by atoms with van der Waals surface area (Å²) >= 11 is 0. The van der Waals surface area contributed by atoms with Gasteiger partial charge in [0.15, 0.2) is 0 Å². The van der Waals surface area contributed by atoms with Gasteiger partial charge in [0.1, 0.15) is 11.4 Å². The Morgan fingerprint density at radius 3 is 2.69 bits per heavy atom. The van der Waals surface area contributed by atoms with Crippen LogP contribution in [0, 0.1) is 5.82 Å². The highest BCUT2D eigenvalue weighted by Gasteiger charge is 2.21. The summed E-state index contributed by atoms with van der Waals surface area (Å²) in [6, 6.07) is 2.96. The number of carbonyl (C=O) groups is 1. The van der Waals surface area contributed by atoms with E-state index in [-0.39, 0.29) is 16.8 Å².